The maximum absolute atomic E-state index is 2.64. The van der Waals surface area contributed by atoms with Crippen LogP contribution in [0.5, 0.6) is 0 Å². The minimum atomic E-state index is -1.47. The third-order valence-corrected chi connectivity index (χ3v) is 10.9. The van der Waals surface area contributed by atoms with Crippen molar-refractivity contribution in [2.45, 2.75) is 79.6 Å². The van der Waals surface area contributed by atoms with E-state index in [1.54, 1.807) is 22.3 Å². The lowest BCUT2D eigenvalue weighted by molar-refractivity contribution is 0.496. The summed E-state index contributed by atoms with van der Waals surface area (Å²) in [4.78, 5) is 0. The predicted molar refractivity (Wildman–Crippen MR) is 110 cm³/mol. The van der Waals surface area contributed by atoms with Gasteiger partial charge in [-0.15, -0.1) is 0 Å². The monoisotopic (exact) mass is 340 g/mol. The fourth-order valence-electron chi connectivity index (χ4n) is 4.81. The van der Waals surface area contributed by atoms with Gasteiger partial charge >= 0.3 is 0 Å². The van der Waals surface area contributed by atoms with Gasteiger partial charge in [-0.2, -0.15) is 0 Å². The van der Waals surface area contributed by atoms with Crippen LogP contribution in [0.4, 0.5) is 0 Å². The highest BCUT2D eigenvalue weighted by molar-refractivity contribution is 6.83. The number of fused-ring (bicyclic) bond motifs is 2. The Morgan fingerprint density at radius 3 is 1.38 bits per heavy atom. The Hall–Kier alpha value is -0.823. The molecular formula is C23H36Si. The summed E-state index contributed by atoms with van der Waals surface area (Å²) in [5.41, 5.74) is 8.56. The van der Waals surface area contributed by atoms with Crippen molar-refractivity contribution in [3.63, 3.8) is 0 Å². The first-order valence-electron chi connectivity index (χ1n) is 9.55. The van der Waals surface area contributed by atoms with Crippen LogP contribution in [0.3, 0.4) is 0 Å². The van der Waals surface area contributed by atoms with E-state index in [1.165, 1.54) is 0 Å². The molecule has 0 radical (unpaired) electrons. The van der Waals surface area contributed by atoms with Crippen LogP contribution in [0.15, 0.2) is 46.6 Å². The molecule has 1 saturated heterocycles. The van der Waals surface area contributed by atoms with Crippen LogP contribution in [0, 0.1) is 16.2 Å². The number of hydrogen-bond donors (Lipinski definition) is 0. The zero-order chi connectivity index (χ0) is 18.3. The normalized spacial score (nSPS) is 30.9. The molecular weight excluding hydrogens is 304 g/mol. The van der Waals surface area contributed by atoms with Crippen LogP contribution in [-0.4, -0.2) is 8.07 Å². The molecule has 1 heterocycles. The van der Waals surface area contributed by atoms with Crippen LogP contribution < -0.4 is 0 Å². The van der Waals surface area contributed by atoms with Crippen molar-refractivity contribution in [3.05, 3.63) is 46.6 Å². The second-order valence-electron chi connectivity index (χ2n) is 11.3. The standard InChI is InChI=1S/C23H36Si/c1-21(2,3)15-11-17-19(13-15)24(9,10)20-14-16(22(4,5)6)12-18(20)23(17,7)8/h11-14,19-20H,1-10H3. The van der Waals surface area contributed by atoms with E-state index in [0.29, 0.717) is 11.1 Å². The van der Waals surface area contributed by atoms with Crippen LogP contribution in [0.25, 0.3) is 0 Å². The molecule has 0 amide bonds. The molecule has 0 N–H and O–H groups in total. The maximum Gasteiger partial charge on any atom is 0.0707 e. The third kappa shape index (κ3) is 2.46. The Kier molecular flexibility index (Phi) is 3.65. The molecule has 1 heteroatoms. The molecule has 0 aromatic heterocycles. The lowest BCUT2D eigenvalue weighted by Crippen LogP contribution is -2.46. The first kappa shape index (κ1) is 18.0. The molecule has 24 heavy (non-hydrogen) atoms. The lowest BCUT2D eigenvalue weighted by atomic mass is 9.74. The smallest absolute Gasteiger partial charge is 0.0707 e. The quantitative estimate of drug-likeness (QED) is 0.406. The summed E-state index contributed by atoms with van der Waals surface area (Å²) in [7, 11) is -1.47. The number of hydrogen-bond acceptors (Lipinski definition) is 0. The van der Waals surface area contributed by atoms with E-state index in [9.17, 15) is 0 Å². The highest BCUT2D eigenvalue weighted by Gasteiger charge is 2.55. The van der Waals surface area contributed by atoms with Gasteiger partial charge in [0, 0.05) is 5.41 Å². The van der Waals surface area contributed by atoms with Crippen molar-refractivity contribution in [2.75, 3.05) is 0 Å². The molecule has 3 rings (SSSR count). The fraction of sp³-hybridized carbons (Fsp3) is 0.652. The first-order chi connectivity index (χ1) is 10.7. The van der Waals surface area contributed by atoms with Crippen molar-refractivity contribution < 1.29 is 0 Å². The molecule has 132 valence electrons. The predicted octanol–water partition coefficient (Wildman–Crippen LogP) is 7.30. The molecule has 0 saturated carbocycles. The van der Waals surface area contributed by atoms with E-state index >= 15 is 0 Å². The topological polar surface area (TPSA) is 0 Å². The van der Waals surface area contributed by atoms with Crippen molar-refractivity contribution >= 4 is 8.07 Å². The van der Waals surface area contributed by atoms with Gasteiger partial charge < -0.3 is 0 Å². The van der Waals surface area contributed by atoms with E-state index in [2.05, 4.69) is 92.8 Å². The van der Waals surface area contributed by atoms with Gasteiger partial charge in [-0.25, -0.2) is 0 Å². The largest absolute Gasteiger partial charge is 0.0762 e. The third-order valence-electron chi connectivity index (χ3n) is 6.76. The Morgan fingerprint density at radius 2 is 1.08 bits per heavy atom. The van der Waals surface area contributed by atoms with Gasteiger partial charge in [0.2, 0.25) is 0 Å². The van der Waals surface area contributed by atoms with E-state index in [-0.39, 0.29) is 16.2 Å². The SMILES string of the molecule is CC(C)(C)C1=CC2C(=C1)C(C)(C)C1=CC(C(C)(C)C)=CC1[Si]2(C)C. The second kappa shape index (κ2) is 4.87. The Balaban J connectivity index is 2.15. The maximum atomic E-state index is 2.64. The highest BCUT2D eigenvalue weighted by Crippen LogP contribution is 2.65. The van der Waals surface area contributed by atoms with Crippen molar-refractivity contribution in [3.8, 4) is 0 Å². The minimum Gasteiger partial charge on any atom is -0.0762 e. The van der Waals surface area contributed by atoms with E-state index in [4.69, 9.17) is 0 Å². The van der Waals surface area contributed by atoms with E-state index in [1.807, 2.05) is 0 Å². The summed E-state index contributed by atoms with van der Waals surface area (Å²) in [5.74, 6) is 0. The van der Waals surface area contributed by atoms with Crippen molar-refractivity contribution in [1.82, 2.24) is 0 Å². The molecule has 0 aromatic carbocycles. The molecule has 2 unspecified atom stereocenters. The van der Waals surface area contributed by atoms with Gasteiger partial charge in [0.1, 0.15) is 0 Å². The highest BCUT2D eigenvalue weighted by atomic mass is 28.3. The Morgan fingerprint density at radius 1 is 0.750 bits per heavy atom. The van der Waals surface area contributed by atoms with Crippen molar-refractivity contribution in [2.24, 2.45) is 16.2 Å². The van der Waals surface area contributed by atoms with Crippen molar-refractivity contribution in [1.29, 1.82) is 0 Å². The lowest BCUT2D eigenvalue weighted by Gasteiger charge is -2.50. The molecule has 1 fully saturated rings. The molecule has 2 aliphatic carbocycles. The molecule has 0 bridgehead atoms. The summed E-state index contributed by atoms with van der Waals surface area (Å²) in [5, 5.41) is 0. The van der Waals surface area contributed by atoms with Crippen LogP contribution >= 0.6 is 0 Å². The van der Waals surface area contributed by atoms with Gasteiger partial charge in [-0.05, 0) is 33.1 Å². The summed E-state index contributed by atoms with van der Waals surface area (Å²) >= 11 is 0. The molecule has 1 aliphatic heterocycles. The average molecular weight is 341 g/mol. The molecule has 3 aliphatic rings. The van der Waals surface area contributed by atoms with E-state index < -0.39 is 8.07 Å². The van der Waals surface area contributed by atoms with Crippen LogP contribution in [-0.2, 0) is 0 Å². The molecule has 0 aromatic rings. The molecule has 2 atom stereocenters. The number of rotatable bonds is 0. The van der Waals surface area contributed by atoms with Gasteiger partial charge in [0.05, 0.1) is 8.07 Å². The van der Waals surface area contributed by atoms with Crippen LogP contribution in [0.2, 0.25) is 24.2 Å². The summed E-state index contributed by atoms with van der Waals surface area (Å²) < 4.78 is 0. The van der Waals surface area contributed by atoms with Gasteiger partial charge in [-0.1, -0.05) is 104 Å². The first-order valence-corrected chi connectivity index (χ1v) is 12.7. The molecule has 0 nitrogen and oxygen atoms in total. The summed E-state index contributed by atoms with van der Waals surface area (Å²) in [6.07, 6.45) is 10.4. The van der Waals surface area contributed by atoms with E-state index in [0.717, 1.165) is 0 Å². The van der Waals surface area contributed by atoms with Crippen LogP contribution in [0.1, 0.15) is 55.4 Å². The average Bonchev–Trinajstić information content (AvgIpc) is 3.02. The zero-order valence-corrected chi connectivity index (χ0v) is 18.5. The Labute approximate surface area is 150 Å². The summed E-state index contributed by atoms with van der Waals surface area (Å²) in [6, 6.07) is 0. The fourth-order valence-corrected chi connectivity index (χ4v) is 8.91. The zero-order valence-electron chi connectivity index (χ0n) is 17.5. The Bertz CT molecular complexity index is 635. The van der Waals surface area contributed by atoms with Gasteiger partial charge in [0.25, 0.3) is 0 Å². The number of allylic oxidation sites excluding steroid dienone is 8. The molecule has 0 spiro atoms. The minimum absolute atomic E-state index is 0.185. The van der Waals surface area contributed by atoms with Gasteiger partial charge in [0.15, 0.2) is 0 Å². The second-order valence-corrected chi connectivity index (χ2v) is 16.2. The summed E-state index contributed by atoms with van der Waals surface area (Å²) in [6.45, 7) is 24.3. The van der Waals surface area contributed by atoms with Gasteiger partial charge in [-0.3, -0.25) is 0 Å².